The number of urea groups is 1. The molecule has 0 bridgehead atoms. The number of nitrogens with one attached hydrogen (secondary N) is 1. The lowest BCUT2D eigenvalue weighted by atomic mass is 10.5. The van der Waals surface area contributed by atoms with E-state index in [2.05, 4.69) is 10.3 Å². The Balaban J connectivity index is 2.37. The lowest BCUT2D eigenvalue weighted by Gasteiger charge is -2.14. The van der Waals surface area contributed by atoms with Crippen molar-refractivity contribution in [2.45, 2.75) is 13.5 Å². The van der Waals surface area contributed by atoms with E-state index in [0.717, 1.165) is 14.8 Å². The second-order valence-corrected chi connectivity index (χ2v) is 4.57. The predicted octanol–water partition coefficient (Wildman–Crippen LogP) is 0.678. The number of rotatable bonds is 4. The van der Waals surface area contributed by atoms with Crippen LogP contribution in [0.1, 0.15) is 9.88 Å². The molecule has 7 heteroatoms. The summed E-state index contributed by atoms with van der Waals surface area (Å²) in [6.07, 6.45) is 1.69. The molecule has 0 radical (unpaired) electrons. The van der Waals surface area contributed by atoms with Crippen LogP contribution >= 0.6 is 11.3 Å². The molecular weight excluding hydrogens is 230 g/mol. The molecule has 0 saturated carbocycles. The van der Waals surface area contributed by atoms with Gasteiger partial charge < -0.3 is 15.3 Å². The average molecular weight is 243 g/mol. The third-order valence-corrected chi connectivity index (χ3v) is 2.71. The van der Waals surface area contributed by atoms with E-state index in [0.29, 0.717) is 6.54 Å². The van der Waals surface area contributed by atoms with Gasteiger partial charge in [0.25, 0.3) is 0 Å². The van der Waals surface area contributed by atoms with Gasteiger partial charge in [-0.2, -0.15) is 0 Å². The van der Waals surface area contributed by atoms with Crippen LogP contribution in [0.5, 0.6) is 0 Å². The summed E-state index contributed by atoms with van der Waals surface area (Å²) in [6, 6.07) is -0.409. The van der Waals surface area contributed by atoms with Crippen molar-refractivity contribution in [1.82, 2.24) is 15.2 Å². The number of nitrogens with zero attached hydrogens (tertiary/aromatic N) is 2. The van der Waals surface area contributed by atoms with Crippen LogP contribution in [0.2, 0.25) is 0 Å². The van der Waals surface area contributed by atoms with Crippen molar-refractivity contribution < 1.29 is 14.7 Å². The van der Waals surface area contributed by atoms with Gasteiger partial charge in [-0.3, -0.25) is 4.79 Å². The van der Waals surface area contributed by atoms with Crippen LogP contribution in [0.3, 0.4) is 0 Å². The standard InChI is InChI=1S/C9H13N3O3S/c1-6-10-3-7(16-6)4-11-9(15)12(2)5-8(13)14/h3H,4-5H2,1-2H3,(H,11,15)(H,13,14). The third kappa shape index (κ3) is 3.85. The van der Waals surface area contributed by atoms with E-state index in [-0.39, 0.29) is 6.54 Å². The van der Waals surface area contributed by atoms with Gasteiger partial charge >= 0.3 is 12.0 Å². The van der Waals surface area contributed by atoms with Crippen molar-refractivity contribution >= 4 is 23.3 Å². The highest BCUT2D eigenvalue weighted by Gasteiger charge is 2.11. The van der Waals surface area contributed by atoms with E-state index in [4.69, 9.17) is 5.11 Å². The third-order valence-electron chi connectivity index (χ3n) is 1.80. The molecular formula is C9H13N3O3S. The molecule has 0 saturated heterocycles. The Bertz CT molecular complexity index is 391. The summed E-state index contributed by atoms with van der Waals surface area (Å²) >= 11 is 1.49. The largest absolute Gasteiger partial charge is 0.480 e. The first-order valence-corrected chi connectivity index (χ1v) is 5.42. The van der Waals surface area contributed by atoms with Crippen molar-refractivity contribution in [3.8, 4) is 0 Å². The van der Waals surface area contributed by atoms with E-state index in [1.807, 2.05) is 6.92 Å². The summed E-state index contributed by atoms with van der Waals surface area (Å²) in [5.41, 5.74) is 0. The van der Waals surface area contributed by atoms with Crippen molar-refractivity contribution in [1.29, 1.82) is 0 Å². The lowest BCUT2D eigenvalue weighted by Crippen LogP contribution is -2.39. The minimum atomic E-state index is -1.04. The Morgan fingerprint density at radius 3 is 2.81 bits per heavy atom. The quantitative estimate of drug-likeness (QED) is 0.814. The van der Waals surface area contributed by atoms with Gasteiger partial charge in [-0.15, -0.1) is 11.3 Å². The fraction of sp³-hybridized carbons (Fsp3) is 0.444. The van der Waals surface area contributed by atoms with Crippen LogP contribution in [0.4, 0.5) is 4.79 Å². The molecule has 0 atom stereocenters. The Labute approximate surface area is 96.9 Å². The number of aromatic nitrogens is 1. The smallest absolute Gasteiger partial charge is 0.323 e. The van der Waals surface area contributed by atoms with E-state index in [1.165, 1.54) is 18.4 Å². The van der Waals surface area contributed by atoms with E-state index in [9.17, 15) is 9.59 Å². The van der Waals surface area contributed by atoms with Gasteiger partial charge in [0, 0.05) is 18.1 Å². The van der Waals surface area contributed by atoms with E-state index < -0.39 is 12.0 Å². The van der Waals surface area contributed by atoms with Crippen LogP contribution in [0.15, 0.2) is 6.20 Å². The van der Waals surface area contributed by atoms with Crippen molar-refractivity contribution in [2.75, 3.05) is 13.6 Å². The maximum atomic E-state index is 11.4. The molecule has 1 heterocycles. The summed E-state index contributed by atoms with van der Waals surface area (Å²) in [5.74, 6) is -1.04. The maximum absolute atomic E-state index is 11.4. The molecule has 0 aromatic carbocycles. The molecule has 0 aliphatic heterocycles. The molecule has 2 N–H and O–H groups in total. The van der Waals surface area contributed by atoms with Gasteiger partial charge in [-0.05, 0) is 6.92 Å². The Morgan fingerprint density at radius 2 is 2.31 bits per heavy atom. The number of hydrogen-bond donors (Lipinski definition) is 2. The number of likely N-dealkylation sites (N-methyl/N-ethyl adjacent to an activating group) is 1. The summed E-state index contributed by atoms with van der Waals surface area (Å²) in [4.78, 5) is 27.9. The zero-order valence-electron chi connectivity index (χ0n) is 9.06. The van der Waals surface area contributed by atoms with Gasteiger partial charge in [-0.1, -0.05) is 0 Å². The van der Waals surface area contributed by atoms with E-state index >= 15 is 0 Å². The molecule has 0 unspecified atom stereocenters. The van der Waals surface area contributed by atoms with Crippen molar-refractivity contribution in [3.63, 3.8) is 0 Å². The number of carbonyl (C=O) groups is 2. The average Bonchev–Trinajstić information content (AvgIpc) is 2.59. The second kappa shape index (κ2) is 5.45. The first-order valence-electron chi connectivity index (χ1n) is 4.61. The zero-order valence-corrected chi connectivity index (χ0v) is 9.87. The van der Waals surface area contributed by atoms with Crippen LogP contribution in [0, 0.1) is 6.92 Å². The van der Waals surface area contributed by atoms with Crippen LogP contribution < -0.4 is 5.32 Å². The first kappa shape index (κ1) is 12.4. The monoisotopic (exact) mass is 243 g/mol. The summed E-state index contributed by atoms with van der Waals surface area (Å²) in [7, 11) is 1.43. The fourth-order valence-electron chi connectivity index (χ4n) is 1.06. The molecule has 88 valence electrons. The van der Waals surface area contributed by atoms with Crippen LogP contribution in [0.25, 0.3) is 0 Å². The number of carbonyl (C=O) groups excluding carboxylic acids is 1. The number of aryl methyl sites for hydroxylation is 1. The minimum absolute atomic E-state index is 0.312. The number of hydrogen-bond acceptors (Lipinski definition) is 4. The Hall–Kier alpha value is -1.63. The normalized spacial score (nSPS) is 9.88. The molecule has 6 nitrogen and oxygen atoms in total. The van der Waals surface area contributed by atoms with Gasteiger partial charge in [0.1, 0.15) is 6.54 Å². The second-order valence-electron chi connectivity index (χ2n) is 3.25. The Morgan fingerprint density at radius 1 is 1.62 bits per heavy atom. The van der Waals surface area contributed by atoms with Gasteiger partial charge in [-0.25, -0.2) is 9.78 Å². The first-order chi connectivity index (χ1) is 7.49. The Kier molecular flexibility index (Phi) is 4.24. The van der Waals surface area contributed by atoms with E-state index in [1.54, 1.807) is 6.20 Å². The fourth-order valence-corrected chi connectivity index (χ4v) is 1.79. The topological polar surface area (TPSA) is 82.5 Å². The number of amides is 2. The molecule has 0 fully saturated rings. The summed E-state index contributed by atoms with van der Waals surface area (Å²) < 4.78 is 0. The maximum Gasteiger partial charge on any atom is 0.323 e. The van der Waals surface area contributed by atoms with Gasteiger partial charge in [0.2, 0.25) is 0 Å². The molecule has 2 amide bonds. The molecule has 1 aromatic heterocycles. The molecule has 0 aliphatic rings. The number of thiazole rings is 1. The predicted molar refractivity (Wildman–Crippen MR) is 59.4 cm³/mol. The minimum Gasteiger partial charge on any atom is -0.480 e. The molecule has 1 aromatic rings. The number of carboxylic acid groups (broad SMARTS) is 1. The number of aliphatic carboxylic acids is 1. The highest BCUT2D eigenvalue weighted by molar-refractivity contribution is 7.11. The SMILES string of the molecule is Cc1ncc(CNC(=O)N(C)CC(=O)O)s1. The molecule has 1 rings (SSSR count). The van der Waals surface area contributed by atoms with Crippen LogP contribution in [-0.4, -0.2) is 40.6 Å². The highest BCUT2D eigenvalue weighted by Crippen LogP contribution is 2.10. The molecule has 0 aliphatic carbocycles. The van der Waals surface area contributed by atoms with Crippen LogP contribution in [-0.2, 0) is 11.3 Å². The highest BCUT2D eigenvalue weighted by atomic mass is 32.1. The zero-order chi connectivity index (χ0) is 12.1. The molecule has 16 heavy (non-hydrogen) atoms. The van der Waals surface area contributed by atoms with Gasteiger partial charge in [0.05, 0.1) is 11.6 Å². The summed E-state index contributed by atoms with van der Waals surface area (Å²) in [5, 5.41) is 12.0. The number of carboxylic acids is 1. The van der Waals surface area contributed by atoms with Gasteiger partial charge in [0.15, 0.2) is 0 Å². The summed E-state index contributed by atoms with van der Waals surface area (Å²) in [6.45, 7) is 1.94. The van der Waals surface area contributed by atoms with Crippen molar-refractivity contribution in [3.05, 3.63) is 16.1 Å². The lowest BCUT2D eigenvalue weighted by molar-refractivity contribution is -0.137. The molecule has 0 spiro atoms. The van der Waals surface area contributed by atoms with Crippen molar-refractivity contribution in [2.24, 2.45) is 0 Å².